The smallest absolute Gasteiger partial charge is 0.328 e. The molecule has 1 aliphatic rings. The van der Waals surface area contributed by atoms with Crippen LogP contribution in [0.15, 0.2) is 30.3 Å². The number of amides is 1. The number of carbonyl (C=O) groups is 2. The molecule has 0 bridgehead atoms. The lowest BCUT2D eigenvalue weighted by Crippen LogP contribution is -2.63. The van der Waals surface area contributed by atoms with Crippen molar-refractivity contribution in [3.63, 3.8) is 0 Å². The van der Waals surface area contributed by atoms with Crippen LogP contribution in [-0.4, -0.2) is 28.0 Å². The van der Waals surface area contributed by atoms with Crippen molar-refractivity contribution in [2.24, 2.45) is 0 Å². The van der Waals surface area contributed by atoms with E-state index >= 15 is 0 Å². The van der Waals surface area contributed by atoms with Crippen LogP contribution in [-0.2, 0) is 20.9 Å². The molecular weight excluding hydrogens is 280 g/mol. The molecule has 5 heteroatoms. The standard InChI is InChI=1S/C17H24N2O3/c1-16(2,3)22-15(21)17(4)11-10-14(20)19(18-17)12-13-8-6-5-7-9-13/h5-9,18H,10-12H2,1-4H3/t17-/m1/s1. The van der Waals surface area contributed by atoms with Gasteiger partial charge in [0.1, 0.15) is 11.1 Å². The Morgan fingerprint density at radius 3 is 2.55 bits per heavy atom. The number of rotatable bonds is 3. The average Bonchev–Trinajstić information content (AvgIpc) is 2.42. The normalized spacial score (nSPS) is 22.5. The Labute approximate surface area is 131 Å². The van der Waals surface area contributed by atoms with Crippen molar-refractivity contribution in [3.05, 3.63) is 35.9 Å². The highest BCUT2D eigenvalue weighted by Gasteiger charge is 2.43. The lowest BCUT2D eigenvalue weighted by Gasteiger charge is -2.40. The van der Waals surface area contributed by atoms with Crippen molar-refractivity contribution in [3.8, 4) is 0 Å². The monoisotopic (exact) mass is 304 g/mol. The minimum atomic E-state index is -0.879. The molecule has 1 fully saturated rings. The number of hydrogen-bond acceptors (Lipinski definition) is 4. The first kappa shape index (κ1) is 16.5. The molecule has 5 nitrogen and oxygen atoms in total. The summed E-state index contributed by atoms with van der Waals surface area (Å²) in [6.07, 6.45) is 0.765. The Balaban J connectivity index is 2.09. The van der Waals surface area contributed by atoms with Gasteiger partial charge >= 0.3 is 5.97 Å². The summed E-state index contributed by atoms with van der Waals surface area (Å²) in [5.74, 6) is -0.338. The SMILES string of the molecule is CC(C)(C)OC(=O)[C@@]1(C)CCC(=O)N(Cc2ccccc2)N1. The molecule has 0 unspecified atom stereocenters. The predicted molar refractivity (Wildman–Crippen MR) is 83.6 cm³/mol. The maximum Gasteiger partial charge on any atom is 0.328 e. The topological polar surface area (TPSA) is 58.6 Å². The van der Waals surface area contributed by atoms with Crippen LogP contribution in [0, 0.1) is 0 Å². The summed E-state index contributed by atoms with van der Waals surface area (Å²) >= 11 is 0. The second-order valence-corrected chi connectivity index (χ2v) is 6.91. The minimum absolute atomic E-state index is 0.00936. The quantitative estimate of drug-likeness (QED) is 0.871. The lowest BCUT2D eigenvalue weighted by molar-refractivity contribution is -0.170. The molecule has 0 radical (unpaired) electrons. The lowest BCUT2D eigenvalue weighted by atomic mass is 9.93. The molecule has 1 heterocycles. The third-order valence-electron chi connectivity index (χ3n) is 3.55. The molecule has 1 amide bonds. The van der Waals surface area contributed by atoms with Crippen LogP contribution in [0.25, 0.3) is 0 Å². The van der Waals surface area contributed by atoms with Gasteiger partial charge in [0.25, 0.3) is 0 Å². The van der Waals surface area contributed by atoms with Gasteiger partial charge in [-0.15, -0.1) is 0 Å². The zero-order chi connectivity index (χ0) is 16.4. The van der Waals surface area contributed by atoms with E-state index < -0.39 is 11.1 Å². The van der Waals surface area contributed by atoms with E-state index in [1.54, 1.807) is 6.92 Å². The molecule has 0 saturated carbocycles. The molecule has 0 aromatic heterocycles. The van der Waals surface area contributed by atoms with Crippen molar-refractivity contribution < 1.29 is 14.3 Å². The van der Waals surface area contributed by atoms with E-state index in [1.807, 2.05) is 51.1 Å². The first-order valence-electron chi connectivity index (χ1n) is 7.55. The van der Waals surface area contributed by atoms with Crippen molar-refractivity contribution in [1.82, 2.24) is 10.4 Å². The van der Waals surface area contributed by atoms with Crippen LogP contribution in [0.4, 0.5) is 0 Å². The molecule has 1 aromatic carbocycles. The largest absolute Gasteiger partial charge is 0.459 e. The highest BCUT2D eigenvalue weighted by molar-refractivity contribution is 5.85. The molecule has 22 heavy (non-hydrogen) atoms. The van der Waals surface area contributed by atoms with Crippen molar-refractivity contribution in [2.45, 2.75) is 58.2 Å². The van der Waals surface area contributed by atoms with E-state index in [2.05, 4.69) is 5.43 Å². The molecule has 1 atom stereocenters. The van der Waals surface area contributed by atoms with Crippen molar-refractivity contribution >= 4 is 11.9 Å². The molecule has 120 valence electrons. The molecular formula is C17H24N2O3. The second kappa shape index (κ2) is 6.08. The summed E-state index contributed by atoms with van der Waals surface area (Å²) in [6, 6.07) is 9.69. The van der Waals surface area contributed by atoms with Crippen LogP contribution in [0.5, 0.6) is 0 Å². The van der Waals surface area contributed by atoms with E-state index in [0.717, 1.165) is 5.56 Å². The molecule has 0 spiro atoms. The van der Waals surface area contributed by atoms with Crippen LogP contribution < -0.4 is 5.43 Å². The summed E-state index contributed by atoms with van der Waals surface area (Å²) in [4.78, 5) is 24.5. The number of nitrogens with zero attached hydrogens (tertiary/aromatic N) is 1. The highest BCUT2D eigenvalue weighted by atomic mass is 16.6. The molecule has 0 aliphatic carbocycles. The summed E-state index contributed by atoms with van der Waals surface area (Å²) < 4.78 is 5.47. The maximum atomic E-state index is 12.4. The summed E-state index contributed by atoms with van der Waals surface area (Å²) in [6.45, 7) is 7.72. The van der Waals surface area contributed by atoms with E-state index in [1.165, 1.54) is 5.01 Å². The Hall–Kier alpha value is -1.88. The third-order valence-corrected chi connectivity index (χ3v) is 3.55. The summed E-state index contributed by atoms with van der Waals surface area (Å²) in [7, 11) is 0. The number of nitrogens with one attached hydrogen (secondary N) is 1. The van der Waals surface area contributed by atoms with Gasteiger partial charge in [-0.1, -0.05) is 30.3 Å². The van der Waals surface area contributed by atoms with Gasteiger partial charge in [-0.3, -0.25) is 9.80 Å². The first-order valence-corrected chi connectivity index (χ1v) is 7.55. The number of benzene rings is 1. The molecule has 2 rings (SSSR count). The number of hydrogen-bond donors (Lipinski definition) is 1. The van der Waals surface area contributed by atoms with E-state index in [0.29, 0.717) is 19.4 Å². The number of hydrazine groups is 1. The fourth-order valence-corrected chi connectivity index (χ4v) is 2.34. The molecule has 1 saturated heterocycles. The fraction of sp³-hybridized carbons (Fsp3) is 0.529. The molecule has 1 N–H and O–H groups in total. The number of esters is 1. The summed E-state index contributed by atoms with van der Waals surface area (Å²) in [5.41, 5.74) is 2.64. The van der Waals surface area contributed by atoms with E-state index in [-0.39, 0.29) is 11.9 Å². The third kappa shape index (κ3) is 4.07. The fourth-order valence-electron chi connectivity index (χ4n) is 2.34. The van der Waals surface area contributed by atoms with Gasteiger partial charge in [0.15, 0.2) is 0 Å². The predicted octanol–water partition coefficient (Wildman–Crippen LogP) is 2.41. The Bertz CT molecular complexity index is 551. The average molecular weight is 304 g/mol. The Morgan fingerprint density at radius 1 is 1.32 bits per heavy atom. The molecule has 1 aromatic rings. The van der Waals surface area contributed by atoms with Gasteiger partial charge in [0.2, 0.25) is 5.91 Å². The van der Waals surface area contributed by atoms with E-state index in [9.17, 15) is 9.59 Å². The zero-order valence-corrected chi connectivity index (χ0v) is 13.7. The van der Waals surface area contributed by atoms with Gasteiger partial charge in [-0.2, -0.15) is 0 Å². The van der Waals surface area contributed by atoms with Gasteiger partial charge in [-0.05, 0) is 39.7 Å². The molecule has 1 aliphatic heterocycles. The van der Waals surface area contributed by atoms with Crippen molar-refractivity contribution in [1.29, 1.82) is 0 Å². The van der Waals surface area contributed by atoms with Crippen LogP contribution in [0.2, 0.25) is 0 Å². The Morgan fingerprint density at radius 2 is 1.95 bits per heavy atom. The summed E-state index contributed by atoms with van der Waals surface area (Å²) in [5, 5.41) is 1.52. The second-order valence-electron chi connectivity index (χ2n) is 6.91. The Kier molecular flexibility index (Phi) is 4.56. The van der Waals surface area contributed by atoms with Gasteiger partial charge in [0.05, 0.1) is 6.54 Å². The first-order chi connectivity index (χ1) is 10.2. The van der Waals surface area contributed by atoms with E-state index in [4.69, 9.17) is 4.74 Å². The number of ether oxygens (including phenoxy) is 1. The van der Waals surface area contributed by atoms with Crippen molar-refractivity contribution in [2.75, 3.05) is 0 Å². The van der Waals surface area contributed by atoms with Gasteiger partial charge < -0.3 is 4.74 Å². The maximum absolute atomic E-state index is 12.4. The number of carbonyl (C=O) groups excluding carboxylic acids is 2. The van der Waals surface area contributed by atoms with Crippen LogP contribution in [0.1, 0.15) is 46.1 Å². The zero-order valence-electron chi connectivity index (χ0n) is 13.7. The van der Waals surface area contributed by atoms with Crippen LogP contribution in [0.3, 0.4) is 0 Å². The van der Waals surface area contributed by atoms with Gasteiger partial charge in [-0.25, -0.2) is 10.2 Å². The highest BCUT2D eigenvalue weighted by Crippen LogP contribution is 2.24. The van der Waals surface area contributed by atoms with Crippen LogP contribution >= 0.6 is 0 Å². The minimum Gasteiger partial charge on any atom is -0.459 e. The van der Waals surface area contributed by atoms with Gasteiger partial charge in [0, 0.05) is 6.42 Å².